The van der Waals surface area contributed by atoms with Gasteiger partial charge in [0.25, 0.3) is 5.69 Å². The summed E-state index contributed by atoms with van der Waals surface area (Å²) in [5, 5.41) is 14.2. The van der Waals surface area contributed by atoms with E-state index in [1.807, 2.05) is 0 Å². The number of nitro groups is 1. The molecule has 4 rings (SSSR count). The highest BCUT2D eigenvalue weighted by atomic mass is 16.6. The van der Waals surface area contributed by atoms with Crippen molar-refractivity contribution < 1.29 is 4.92 Å². The Bertz CT molecular complexity index is 797. The van der Waals surface area contributed by atoms with E-state index in [4.69, 9.17) is 4.98 Å². The number of benzene rings is 1. The molecule has 2 aliphatic rings. The van der Waals surface area contributed by atoms with Crippen molar-refractivity contribution in [2.24, 2.45) is 0 Å². The smallest absolute Gasteiger partial charge is 0.271 e. The summed E-state index contributed by atoms with van der Waals surface area (Å²) in [6, 6.07) is 6.39. The fourth-order valence-electron chi connectivity index (χ4n) is 3.71. The molecule has 0 unspecified atom stereocenters. The molecule has 1 N–H and O–H groups in total. The highest BCUT2D eigenvalue weighted by Crippen LogP contribution is 2.25. The Morgan fingerprint density at radius 2 is 1.43 bits per heavy atom. The van der Waals surface area contributed by atoms with Crippen LogP contribution in [0.4, 0.5) is 29.2 Å². The second-order valence-electron chi connectivity index (χ2n) is 7.29. The van der Waals surface area contributed by atoms with Gasteiger partial charge in [-0.15, -0.1) is 0 Å². The molecule has 0 amide bonds. The van der Waals surface area contributed by atoms with Gasteiger partial charge in [0.05, 0.1) is 4.92 Å². The van der Waals surface area contributed by atoms with E-state index in [1.54, 1.807) is 12.1 Å². The van der Waals surface area contributed by atoms with Crippen molar-refractivity contribution in [2.45, 2.75) is 38.5 Å². The van der Waals surface area contributed by atoms with Crippen molar-refractivity contribution in [1.29, 1.82) is 0 Å². The molecule has 9 nitrogen and oxygen atoms in total. The first-order valence-corrected chi connectivity index (χ1v) is 9.96. The molecular formula is C19H25N7O2. The minimum atomic E-state index is -0.406. The fourth-order valence-corrected chi connectivity index (χ4v) is 3.71. The molecule has 2 fully saturated rings. The standard InChI is InChI=1S/C19H25N7O2/c27-26(28)16-9-7-8-15(14-16)20-17-21-18(24-10-3-1-4-11-24)23-19(22-17)25-12-5-2-6-13-25/h7-9,14H,1-6,10-13H2,(H,20,21,22,23). The van der Waals surface area contributed by atoms with Gasteiger partial charge in [0.15, 0.2) is 0 Å². The van der Waals surface area contributed by atoms with Gasteiger partial charge in [0.1, 0.15) is 0 Å². The van der Waals surface area contributed by atoms with Gasteiger partial charge in [-0.25, -0.2) is 0 Å². The molecule has 0 spiro atoms. The molecule has 0 radical (unpaired) electrons. The topological polar surface area (TPSA) is 100 Å². The third-order valence-corrected chi connectivity index (χ3v) is 5.20. The molecule has 2 aliphatic heterocycles. The fraction of sp³-hybridized carbons (Fsp3) is 0.526. The van der Waals surface area contributed by atoms with E-state index in [0.717, 1.165) is 51.9 Å². The van der Waals surface area contributed by atoms with Crippen LogP contribution in [0.3, 0.4) is 0 Å². The summed E-state index contributed by atoms with van der Waals surface area (Å²) < 4.78 is 0. The van der Waals surface area contributed by atoms with Gasteiger partial charge in [-0.2, -0.15) is 15.0 Å². The molecule has 1 aromatic heterocycles. The van der Waals surface area contributed by atoms with Crippen LogP contribution in [0.25, 0.3) is 0 Å². The lowest BCUT2D eigenvalue weighted by atomic mass is 10.1. The Labute approximate surface area is 164 Å². The van der Waals surface area contributed by atoms with Crippen LogP contribution in [0.2, 0.25) is 0 Å². The molecule has 0 aliphatic carbocycles. The lowest BCUT2D eigenvalue weighted by Gasteiger charge is -2.30. The maximum atomic E-state index is 11.1. The first-order chi connectivity index (χ1) is 13.7. The highest BCUT2D eigenvalue weighted by Gasteiger charge is 2.20. The van der Waals surface area contributed by atoms with E-state index in [9.17, 15) is 10.1 Å². The van der Waals surface area contributed by atoms with Crippen LogP contribution in [0.5, 0.6) is 0 Å². The van der Waals surface area contributed by atoms with Gasteiger partial charge in [-0.3, -0.25) is 10.1 Å². The van der Waals surface area contributed by atoms with E-state index < -0.39 is 4.92 Å². The number of aromatic nitrogens is 3. The minimum absolute atomic E-state index is 0.0339. The highest BCUT2D eigenvalue weighted by molar-refractivity contribution is 5.59. The van der Waals surface area contributed by atoms with E-state index in [1.165, 1.54) is 25.0 Å². The number of non-ortho nitro benzene ring substituents is 1. The van der Waals surface area contributed by atoms with Gasteiger partial charge < -0.3 is 15.1 Å². The second-order valence-corrected chi connectivity index (χ2v) is 7.29. The number of nitrogens with zero attached hydrogens (tertiary/aromatic N) is 6. The zero-order valence-electron chi connectivity index (χ0n) is 15.9. The number of anilines is 4. The number of hydrogen-bond donors (Lipinski definition) is 1. The SMILES string of the molecule is O=[N+]([O-])c1cccc(Nc2nc(N3CCCCC3)nc(N3CCCCC3)n2)c1. The molecule has 0 saturated carbocycles. The Kier molecular flexibility index (Phi) is 5.50. The number of nitro benzene ring substituents is 1. The second kappa shape index (κ2) is 8.37. The molecule has 28 heavy (non-hydrogen) atoms. The summed E-state index contributed by atoms with van der Waals surface area (Å²) in [6.45, 7) is 3.78. The van der Waals surface area contributed by atoms with Crippen LogP contribution < -0.4 is 15.1 Å². The van der Waals surface area contributed by atoms with Crippen LogP contribution in [-0.2, 0) is 0 Å². The predicted molar refractivity (Wildman–Crippen MR) is 108 cm³/mol. The number of hydrogen-bond acceptors (Lipinski definition) is 8. The summed E-state index contributed by atoms with van der Waals surface area (Å²) in [5.74, 6) is 1.79. The van der Waals surface area contributed by atoms with E-state index in [2.05, 4.69) is 25.1 Å². The predicted octanol–water partition coefficient (Wildman–Crippen LogP) is 3.50. The van der Waals surface area contributed by atoms with Gasteiger partial charge in [0, 0.05) is 44.0 Å². The third-order valence-electron chi connectivity index (χ3n) is 5.20. The first-order valence-electron chi connectivity index (χ1n) is 9.96. The van der Waals surface area contributed by atoms with Crippen molar-refractivity contribution >= 4 is 29.2 Å². The Morgan fingerprint density at radius 1 is 0.857 bits per heavy atom. The Balaban J connectivity index is 1.64. The monoisotopic (exact) mass is 383 g/mol. The molecular weight excluding hydrogens is 358 g/mol. The van der Waals surface area contributed by atoms with Crippen LogP contribution >= 0.6 is 0 Å². The van der Waals surface area contributed by atoms with E-state index in [-0.39, 0.29) is 5.69 Å². The van der Waals surface area contributed by atoms with Crippen molar-refractivity contribution in [1.82, 2.24) is 15.0 Å². The van der Waals surface area contributed by atoms with Crippen molar-refractivity contribution in [3.05, 3.63) is 34.4 Å². The summed E-state index contributed by atoms with van der Waals surface area (Å²) in [4.78, 5) is 29.0. The normalized spacial score (nSPS) is 17.4. The molecule has 0 atom stereocenters. The first kappa shape index (κ1) is 18.4. The summed E-state index contributed by atoms with van der Waals surface area (Å²) in [5.41, 5.74) is 0.626. The maximum Gasteiger partial charge on any atom is 0.271 e. The number of nitrogens with one attached hydrogen (secondary N) is 1. The van der Waals surface area contributed by atoms with Crippen molar-refractivity contribution in [3.8, 4) is 0 Å². The van der Waals surface area contributed by atoms with Gasteiger partial charge >= 0.3 is 0 Å². The Morgan fingerprint density at radius 3 is 1.96 bits per heavy atom. The number of piperidine rings is 2. The molecule has 2 aromatic rings. The quantitative estimate of drug-likeness (QED) is 0.618. The van der Waals surface area contributed by atoms with Crippen LogP contribution in [0.15, 0.2) is 24.3 Å². The van der Waals surface area contributed by atoms with Crippen molar-refractivity contribution in [3.63, 3.8) is 0 Å². The van der Waals surface area contributed by atoms with E-state index in [0.29, 0.717) is 23.5 Å². The molecule has 9 heteroatoms. The summed E-state index contributed by atoms with van der Waals surface area (Å²) in [7, 11) is 0. The van der Waals surface area contributed by atoms with Gasteiger partial charge in [0.2, 0.25) is 17.8 Å². The molecule has 2 saturated heterocycles. The molecule has 0 bridgehead atoms. The lowest BCUT2D eigenvalue weighted by Crippen LogP contribution is -2.34. The van der Waals surface area contributed by atoms with Gasteiger partial charge in [-0.05, 0) is 44.6 Å². The third kappa shape index (κ3) is 4.29. The Hall–Kier alpha value is -2.97. The average molecular weight is 383 g/mol. The maximum absolute atomic E-state index is 11.1. The van der Waals surface area contributed by atoms with E-state index >= 15 is 0 Å². The minimum Gasteiger partial charge on any atom is -0.341 e. The summed E-state index contributed by atoms with van der Waals surface area (Å²) >= 11 is 0. The lowest BCUT2D eigenvalue weighted by molar-refractivity contribution is -0.384. The zero-order chi connectivity index (χ0) is 19.3. The average Bonchev–Trinajstić information content (AvgIpc) is 2.75. The molecule has 1 aromatic carbocycles. The van der Waals surface area contributed by atoms with Crippen LogP contribution in [-0.4, -0.2) is 46.1 Å². The molecule has 3 heterocycles. The van der Waals surface area contributed by atoms with Crippen molar-refractivity contribution in [2.75, 3.05) is 41.3 Å². The largest absolute Gasteiger partial charge is 0.341 e. The zero-order valence-corrected chi connectivity index (χ0v) is 15.9. The van der Waals surface area contributed by atoms with Gasteiger partial charge in [-0.1, -0.05) is 6.07 Å². The summed E-state index contributed by atoms with van der Waals surface area (Å²) in [6.07, 6.45) is 7.02. The number of rotatable bonds is 5. The molecule has 148 valence electrons. The van der Waals surface area contributed by atoms with Crippen LogP contribution in [0, 0.1) is 10.1 Å². The van der Waals surface area contributed by atoms with Crippen LogP contribution in [0.1, 0.15) is 38.5 Å².